The highest BCUT2D eigenvalue weighted by molar-refractivity contribution is 7.98. The molecule has 0 bridgehead atoms. The van der Waals surface area contributed by atoms with Gasteiger partial charge in [0, 0.05) is 5.75 Å². The Kier molecular flexibility index (Phi) is 5.44. The van der Waals surface area contributed by atoms with Crippen LogP contribution in [-0.2, 0) is 5.75 Å². The van der Waals surface area contributed by atoms with Gasteiger partial charge in [-0.3, -0.25) is 0 Å². The van der Waals surface area contributed by atoms with Crippen molar-refractivity contribution in [3.63, 3.8) is 0 Å². The standard InChI is InChI=1S/C16H14F2N4O2S/c1-23-13-8-4-12(5-9-13)22-16(19-20-21-22)25-10-11-2-6-14(7-3-11)24-15(17)18/h2-9,15H,10H2,1H3. The van der Waals surface area contributed by atoms with Gasteiger partial charge in [0.15, 0.2) is 0 Å². The molecule has 0 radical (unpaired) electrons. The lowest BCUT2D eigenvalue weighted by molar-refractivity contribution is -0.0498. The van der Waals surface area contributed by atoms with Crippen LogP contribution in [0.1, 0.15) is 5.56 Å². The molecule has 0 spiro atoms. The van der Waals surface area contributed by atoms with Crippen molar-refractivity contribution in [1.82, 2.24) is 20.2 Å². The third-order valence-corrected chi connectivity index (χ3v) is 4.26. The van der Waals surface area contributed by atoms with Gasteiger partial charge in [-0.15, -0.1) is 5.10 Å². The number of hydrogen-bond donors (Lipinski definition) is 0. The van der Waals surface area contributed by atoms with E-state index < -0.39 is 6.61 Å². The maximum absolute atomic E-state index is 12.1. The summed E-state index contributed by atoms with van der Waals surface area (Å²) < 4.78 is 35.4. The number of benzene rings is 2. The van der Waals surface area contributed by atoms with E-state index in [2.05, 4.69) is 20.3 Å². The number of hydrogen-bond acceptors (Lipinski definition) is 6. The number of alkyl halides is 2. The van der Waals surface area contributed by atoms with Gasteiger partial charge in [-0.2, -0.15) is 13.5 Å². The van der Waals surface area contributed by atoms with Crippen molar-refractivity contribution in [2.45, 2.75) is 17.5 Å². The molecular weight excluding hydrogens is 350 g/mol. The number of methoxy groups -OCH3 is 1. The number of nitrogens with zero attached hydrogens (tertiary/aromatic N) is 4. The average Bonchev–Trinajstić information content (AvgIpc) is 3.09. The summed E-state index contributed by atoms with van der Waals surface area (Å²) in [5.74, 6) is 1.47. The van der Waals surface area contributed by atoms with Crippen molar-refractivity contribution in [3.05, 3.63) is 54.1 Å². The summed E-state index contributed by atoms with van der Waals surface area (Å²) in [6, 6.07) is 13.8. The van der Waals surface area contributed by atoms with Crippen molar-refractivity contribution in [2.75, 3.05) is 7.11 Å². The normalized spacial score (nSPS) is 10.9. The minimum Gasteiger partial charge on any atom is -0.497 e. The molecule has 0 aliphatic carbocycles. The molecule has 1 heterocycles. The van der Waals surface area contributed by atoms with Crippen LogP contribution in [0.3, 0.4) is 0 Å². The van der Waals surface area contributed by atoms with Crippen molar-refractivity contribution in [3.8, 4) is 17.2 Å². The van der Waals surface area contributed by atoms with E-state index in [1.165, 1.54) is 23.9 Å². The minimum absolute atomic E-state index is 0.131. The second-order valence-electron chi connectivity index (χ2n) is 4.88. The van der Waals surface area contributed by atoms with E-state index >= 15 is 0 Å². The van der Waals surface area contributed by atoms with Crippen LogP contribution in [0.2, 0.25) is 0 Å². The fraction of sp³-hybridized carbons (Fsp3) is 0.188. The minimum atomic E-state index is -2.82. The quantitative estimate of drug-likeness (QED) is 0.598. The molecule has 0 fully saturated rings. The summed E-state index contributed by atoms with van der Waals surface area (Å²) in [5, 5.41) is 12.3. The molecule has 0 saturated carbocycles. The monoisotopic (exact) mass is 364 g/mol. The Morgan fingerprint density at radius 2 is 1.72 bits per heavy atom. The molecule has 0 unspecified atom stereocenters. The van der Waals surface area contributed by atoms with E-state index in [0.717, 1.165) is 17.0 Å². The SMILES string of the molecule is COc1ccc(-n2nnnc2SCc2ccc(OC(F)F)cc2)cc1. The molecule has 0 N–H and O–H groups in total. The summed E-state index contributed by atoms with van der Waals surface area (Å²) in [6.45, 7) is -2.82. The molecule has 0 atom stereocenters. The van der Waals surface area contributed by atoms with Gasteiger partial charge < -0.3 is 9.47 Å². The van der Waals surface area contributed by atoms with Crippen LogP contribution in [-0.4, -0.2) is 33.9 Å². The predicted molar refractivity (Wildman–Crippen MR) is 88.3 cm³/mol. The van der Waals surface area contributed by atoms with Gasteiger partial charge in [0.25, 0.3) is 0 Å². The second-order valence-corrected chi connectivity index (χ2v) is 5.82. The Labute approximate surface area is 146 Å². The van der Waals surface area contributed by atoms with Crippen LogP contribution in [0.25, 0.3) is 5.69 Å². The Balaban J connectivity index is 1.67. The summed E-state index contributed by atoms with van der Waals surface area (Å²) in [5.41, 5.74) is 1.75. The molecule has 0 aliphatic heterocycles. The summed E-state index contributed by atoms with van der Waals surface area (Å²) in [6.07, 6.45) is 0. The smallest absolute Gasteiger partial charge is 0.387 e. The number of rotatable bonds is 7. The van der Waals surface area contributed by atoms with Crippen molar-refractivity contribution in [2.24, 2.45) is 0 Å². The summed E-state index contributed by atoms with van der Waals surface area (Å²) >= 11 is 1.44. The summed E-state index contributed by atoms with van der Waals surface area (Å²) in [4.78, 5) is 0. The maximum atomic E-state index is 12.1. The predicted octanol–water partition coefficient (Wildman–Crippen LogP) is 3.56. The number of halogens is 2. The van der Waals surface area contributed by atoms with Crippen LogP contribution in [0.15, 0.2) is 53.7 Å². The highest BCUT2D eigenvalue weighted by Gasteiger charge is 2.10. The molecule has 1 aromatic heterocycles. The van der Waals surface area contributed by atoms with Crippen LogP contribution in [0, 0.1) is 0 Å². The van der Waals surface area contributed by atoms with E-state index in [4.69, 9.17) is 4.74 Å². The van der Waals surface area contributed by atoms with Gasteiger partial charge in [0.2, 0.25) is 5.16 Å². The summed E-state index contributed by atoms with van der Waals surface area (Å²) in [7, 11) is 1.60. The molecule has 6 nitrogen and oxygen atoms in total. The van der Waals surface area contributed by atoms with Crippen molar-refractivity contribution < 1.29 is 18.3 Å². The van der Waals surface area contributed by atoms with E-state index in [9.17, 15) is 8.78 Å². The fourth-order valence-corrected chi connectivity index (χ4v) is 2.92. The second kappa shape index (κ2) is 7.93. The Morgan fingerprint density at radius 1 is 1.04 bits per heavy atom. The van der Waals surface area contributed by atoms with Crippen molar-refractivity contribution >= 4 is 11.8 Å². The lowest BCUT2D eigenvalue weighted by atomic mass is 10.2. The molecule has 25 heavy (non-hydrogen) atoms. The van der Waals surface area contributed by atoms with E-state index in [1.807, 2.05) is 24.3 Å². The first-order chi connectivity index (χ1) is 12.2. The van der Waals surface area contributed by atoms with Gasteiger partial charge in [-0.1, -0.05) is 23.9 Å². The molecule has 2 aromatic carbocycles. The molecule has 0 saturated heterocycles. The van der Waals surface area contributed by atoms with E-state index in [-0.39, 0.29) is 5.75 Å². The molecule has 9 heteroatoms. The topological polar surface area (TPSA) is 62.1 Å². The fourth-order valence-electron chi connectivity index (χ4n) is 2.07. The first kappa shape index (κ1) is 17.2. The van der Waals surface area contributed by atoms with Crippen LogP contribution in [0.5, 0.6) is 11.5 Å². The van der Waals surface area contributed by atoms with Crippen molar-refractivity contribution in [1.29, 1.82) is 0 Å². The number of aromatic nitrogens is 4. The van der Waals surface area contributed by atoms with Gasteiger partial charge in [-0.25, -0.2) is 0 Å². The van der Waals surface area contributed by atoms with Gasteiger partial charge in [0.1, 0.15) is 11.5 Å². The largest absolute Gasteiger partial charge is 0.497 e. The molecule has 3 rings (SSSR count). The Morgan fingerprint density at radius 3 is 2.36 bits per heavy atom. The molecule has 0 aliphatic rings. The lowest BCUT2D eigenvalue weighted by Crippen LogP contribution is -2.01. The van der Waals surface area contributed by atoms with E-state index in [1.54, 1.807) is 23.9 Å². The first-order valence-electron chi connectivity index (χ1n) is 7.25. The van der Waals surface area contributed by atoms with Gasteiger partial charge >= 0.3 is 6.61 Å². The van der Waals surface area contributed by atoms with Crippen LogP contribution >= 0.6 is 11.8 Å². The first-order valence-corrected chi connectivity index (χ1v) is 8.23. The Bertz CT molecular complexity index is 810. The maximum Gasteiger partial charge on any atom is 0.387 e. The zero-order chi connectivity index (χ0) is 17.6. The average molecular weight is 364 g/mol. The third kappa shape index (κ3) is 4.44. The van der Waals surface area contributed by atoms with Gasteiger partial charge in [-0.05, 0) is 52.4 Å². The number of thioether (sulfide) groups is 1. The van der Waals surface area contributed by atoms with Crippen LogP contribution in [0.4, 0.5) is 8.78 Å². The molecular formula is C16H14F2N4O2S. The zero-order valence-corrected chi connectivity index (χ0v) is 14.0. The zero-order valence-electron chi connectivity index (χ0n) is 13.2. The molecule has 0 amide bonds. The molecule has 130 valence electrons. The highest BCUT2D eigenvalue weighted by Crippen LogP contribution is 2.24. The van der Waals surface area contributed by atoms with Crippen LogP contribution < -0.4 is 9.47 Å². The van der Waals surface area contributed by atoms with Gasteiger partial charge in [0.05, 0.1) is 12.8 Å². The number of tetrazole rings is 1. The highest BCUT2D eigenvalue weighted by atomic mass is 32.2. The lowest BCUT2D eigenvalue weighted by Gasteiger charge is -2.07. The molecule has 3 aromatic rings. The Hall–Kier alpha value is -2.68. The van der Waals surface area contributed by atoms with E-state index in [0.29, 0.717) is 10.9 Å². The third-order valence-electron chi connectivity index (χ3n) is 3.27. The number of ether oxygens (including phenoxy) is 2.